The fourth-order valence-corrected chi connectivity index (χ4v) is 2.86. The molecule has 1 aliphatic rings. The van der Waals surface area contributed by atoms with Gasteiger partial charge in [0.05, 0.1) is 6.54 Å². The van der Waals surface area contributed by atoms with E-state index >= 15 is 0 Å². The van der Waals surface area contributed by atoms with Crippen LogP contribution in [0.3, 0.4) is 0 Å². The lowest BCUT2D eigenvalue weighted by Gasteiger charge is -2.25. The molecule has 0 aromatic heterocycles. The highest BCUT2D eigenvalue weighted by Crippen LogP contribution is 2.16. The SMILES string of the molecule is CN(CC(=O)O)C1CCCN(C(=O)OCc2ccccc2)CC1. The van der Waals surface area contributed by atoms with Gasteiger partial charge in [0.2, 0.25) is 0 Å². The van der Waals surface area contributed by atoms with E-state index in [1.165, 1.54) is 0 Å². The van der Waals surface area contributed by atoms with E-state index in [-0.39, 0.29) is 25.3 Å². The average molecular weight is 320 g/mol. The number of hydrogen-bond acceptors (Lipinski definition) is 4. The number of ether oxygens (including phenoxy) is 1. The zero-order valence-electron chi connectivity index (χ0n) is 13.5. The third-order valence-electron chi connectivity index (χ3n) is 4.17. The van der Waals surface area contributed by atoms with Gasteiger partial charge < -0.3 is 14.7 Å². The Kier molecular flexibility index (Phi) is 6.40. The summed E-state index contributed by atoms with van der Waals surface area (Å²) in [7, 11) is 1.82. The number of benzene rings is 1. The standard InChI is InChI=1S/C17H24N2O4/c1-18(12-16(20)21)15-8-5-10-19(11-9-15)17(22)23-13-14-6-3-2-4-7-14/h2-4,6-7,15H,5,8-13H2,1H3,(H,20,21). The number of nitrogens with zero attached hydrogens (tertiary/aromatic N) is 2. The Morgan fingerprint density at radius 3 is 2.70 bits per heavy atom. The van der Waals surface area contributed by atoms with Gasteiger partial charge >= 0.3 is 12.1 Å². The molecule has 1 aliphatic heterocycles. The molecule has 1 aromatic rings. The van der Waals surface area contributed by atoms with E-state index in [1.54, 1.807) is 4.90 Å². The van der Waals surface area contributed by atoms with Crippen LogP contribution in [0.4, 0.5) is 4.79 Å². The molecule has 126 valence electrons. The summed E-state index contributed by atoms with van der Waals surface area (Å²) < 4.78 is 5.36. The van der Waals surface area contributed by atoms with Crippen molar-refractivity contribution in [2.45, 2.75) is 31.9 Å². The summed E-state index contributed by atoms with van der Waals surface area (Å²) in [5.74, 6) is -0.823. The number of carboxylic acid groups (broad SMARTS) is 1. The quantitative estimate of drug-likeness (QED) is 0.900. The maximum absolute atomic E-state index is 12.2. The van der Waals surface area contributed by atoms with Gasteiger partial charge in [-0.15, -0.1) is 0 Å². The van der Waals surface area contributed by atoms with Crippen LogP contribution in [-0.2, 0) is 16.1 Å². The summed E-state index contributed by atoms with van der Waals surface area (Å²) in [5.41, 5.74) is 0.967. The Hall–Kier alpha value is -2.08. The fraction of sp³-hybridized carbons (Fsp3) is 0.529. The molecule has 2 rings (SSSR count). The minimum atomic E-state index is -0.823. The summed E-state index contributed by atoms with van der Waals surface area (Å²) >= 11 is 0. The molecule has 0 radical (unpaired) electrons. The van der Waals surface area contributed by atoms with Gasteiger partial charge in [-0.3, -0.25) is 9.69 Å². The monoisotopic (exact) mass is 320 g/mol. The van der Waals surface area contributed by atoms with E-state index < -0.39 is 5.97 Å². The van der Waals surface area contributed by atoms with Crippen LogP contribution < -0.4 is 0 Å². The van der Waals surface area contributed by atoms with Crippen molar-refractivity contribution in [3.8, 4) is 0 Å². The van der Waals surface area contributed by atoms with E-state index in [4.69, 9.17) is 9.84 Å². The van der Waals surface area contributed by atoms with E-state index in [0.717, 1.165) is 24.8 Å². The second-order valence-corrected chi connectivity index (χ2v) is 5.92. The van der Waals surface area contributed by atoms with Crippen LogP contribution in [0.2, 0.25) is 0 Å². The molecule has 1 unspecified atom stereocenters. The van der Waals surface area contributed by atoms with Gasteiger partial charge in [-0.05, 0) is 31.9 Å². The Labute approximate surface area is 136 Å². The molecule has 1 fully saturated rings. The smallest absolute Gasteiger partial charge is 0.410 e. The van der Waals surface area contributed by atoms with E-state index in [1.807, 2.05) is 42.3 Å². The third-order valence-corrected chi connectivity index (χ3v) is 4.17. The zero-order chi connectivity index (χ0) is 16.7. The molecular weight excluding hydrogens is 296 g/mol. The van der Waals surface area contributed by atoms with Crippen molar-refractivity contribution < 1.29 is 19.4 Å². The highest BCUT2D eigenvalue weighted by atomic mass is 16.6. The molecule has 1 aromatic carbocycles. The first-order valence-electron chi connectivity index (χ1n) is 7.94. The number of hydrogen-bond donors (Lipinski definition) is 1. The van der Waals surface area contributed by atoms with Gasteiger partial charge in [-0.2, -0.15) is 0 Å². The third kappa shape index (κ3) is 5.56. The van der Waals surface area contributed by atoms with Crippen molar-refractivity contribution in [1.82, 2.24) is 9.80 Å². The molecule has 6 heteroatoms. The molecule has 1 saturated heterocycles. The summed E-state index contributed by atoms with van der Waals surface area (Å²) in [6.45, 7) is 1.56. The van der Waals surface area contributed by atoms with E-state index in [2.05, 4.69) is 0 Å². The van der Waals surface area contributed by atoms with Crippen LogP contribution in [-0.4, -0.2) is 59.7 Å². The number of likely N-dealkylation sites (tertiary alicyclic amines) is 1. The van der Waals surface area contributed by atoms with E-state index in [9.17, 15) is 9.59 Å². The topological polar surface area (TPSA) is 70.1 Å². The van der Waals surface area contributed by atoms with Crippen molar-refractivity contribution >= 4 is 12.1 Å². The fourth-order valence-electron chi connectivity index (χ4n) is 2.86. The minimum absolute atomic E-state index is 0.0309. The lowest BCUT2D eigenvalue weighted by Crippen LogP contribution is -2.37. The molecule has 6 nitrogen and oxygen atoms in total. The number of likely N-dealkylation sites (N-methyl/N-ethyl adjacent to an activating group) is 1. The van der Waals surface area contributed by atoms with Crippen LogP contribution in [0.1, 0.15) is 24.8 Å². The van der Waals surface area contributed by atoms with Crippen LogP contribution in [0.5, 0.6) is 0 Å². The highest BCUT2D eigenvalue weighted by molar-refractivity contribution is 5.69. The Morgan fingerprint density at radius 2 is 2.00 bits per heavy atom. The first-order valence-corrected chi connectivity index (χ1v) is 7.94. The number of aliphatic carboxylic acids is 1. The lowest BCUT2D eigenvalue weighted by atomic mass is 10.1. The molecule has 0 bridgehead atoms. The lowest BCUT2D eigenvalue weighted by molar-refractivity contribution is -0.138. The maximum atomic E-state index is 12.2. The van der Waals surface area contributed by atoms with Crippen molar-refractivity contribution in [3.63, 3.8) is 0 Å². The molecule has 23 heavy (non-hydrogen) atoms. The van der Waals surface area contributed by atoms with Crippen LogP contribution in [0.25, 0.3) is 0 Å². The van der Waals surface area contributed by atoms with Gasteiger partial charge in [-0.25, -0.2) is 4.79 Å². The first kappa shape index (κ1) is 17.3. The van der Waals surface area contributed by atoms with Crippen molar-refractivity contribution in [2.75, 3.05) is 26.7 Å². The summed E-state index contributed by atoms with van der Waals surface area (Å²) in [6, 6.07) is 9.79. The molecule has 1 heterocycles. The van der Waals surface area contributed by atoms with Gasteiger partial charge in [-0.1, -0.05) is 30.3 Å². The predicted molar refractivity (Wildman–Crippen MR) is 86.1 cm³/mol. The molecule has 1 amide bonds. The molecule has 0 saturated carbocycles. The van der Waals surface area contributed by atoms with Crippen LogP contribution in [0.15, 0.2) is 30.3 Å². The number of carbonyl (C=O) groups excluding carboxylic acids is 1. The van der Waals surface area contributed by atoms with Gasteiger partial charge in [0.1, 0.15) is 6.61 Å². The van der Waals surface area contributed by atoms with Gasteiger partial charge in [0, 0.05) is 19.1 Å². The molecule has 1 N–H and O–H groups in total. The number of carboxylic acids is 1. The Balaban J connectivity index is 1.80. The normalized spacial score (nSPS) is 18.5. The minimum Gasteiger partial charge on any atom is -0.480 e. The predicted octanol–water partition coefficient (Wildman–Crippen LogP) is 2.19. The second kappa shape index (κ2) is 8.53. The van der Waals surface area contributed by atoms with Crippen LogP contribution in [0, 0.1) is 0 Å². The second-order valence-electron chi connectivity index (χ2n) is 5.92. The highest BCUT2D eigenvalue weighted by Gasteiger charge is 2.24. The van der Waals surface area contributed by atoms with Crippen molar-refractivity contribution in [1.29, 1.82) is 0 Å². The molecular formula is C17H24N2O4. The molecule has 1 atom stereocenters. The van der Waals surface area contributed by atoms with Gasteiger partial charge in [0.15, 0.2) is 0 Å². The first-order chi connectivity index (χ1) is 11.1. The number of carbonyl (C=O) groups is 2. The Bertz CT molecular complexity index is 521. The Morgan fingerprint density at radius 1 is 1.26 bits per heavy atom. The summed E-state index contributed by atoms with van der Waals surface area (Å²) in [4.78, 5) is 26.5. The molecule has 0 aliphatic carbocycles. The van der Waals surface area contributed by atoms with Crippen molar-refractivity contribution in [3.05, 3.63) is 35.9 Å². The molecule has 0 spiro atoms. The van der Waals surface area contributed by atoms with Gasteiger partial charge in [0.25, 0.3) is 0 Å². The van der Waals surface area contributed by atoms with Crippen molar-refractivity contribution in [2.24, 2.45) is 0 Å². The number of rotatable bonds is 5. The maximum Gasteiger partial charge on any atom is 0.410 e. The van der Waals surface area contributed by atoms with E-state index in [0.29, 0.717) is 13.1 Å². The summed E-state index contributed by atoms with van der Waals surface area (Å²) in [5, 5.41) is 8.88. The number of amides is 1. The average Bonchev–Trinajstić information content (AvgIpc) is 2.79. The summed E-state index contributed by atoms with van der Waals surface area (Å²) in [6.07, 6.45) is 2.22. The largest absolute Gasteiger partial charge is 0.480 e. The van der Waals surface area contributed by atoms with Crippen LogP contribution >= 0.6 is 0 Å². The zero-order valence-corrected chi connectivity index (χ0v) is 13.5.